The Morgan fingerprint density at radius 3 is 2.33 bits per heavy atom. The molecule has 3 aromatic rings. The summed E-state index contributed by atoms with van der Waals surface area (Å²) in [7, 11) is 0. The van der Waals surface area contributed by atoms with Crippen LogP contribution < -0.4 is 20.7 Å². The highest BCUT2D eigenvalue weighted by Gasteiger charge is 2.30. The molecule has 232 valence electrons. The summed E-state index contributed by atoms with van der Waals surface area (Å²) in [4.78, 5) is 44.1. The lowest BCUT2D eigenvalue weighted by atomic mass is 9.94. The minimum Gasteiger partial charge on any atom is -0.490 e. The maximum absolute atomic E-state index is 13.7. The fourth-order valence-corrected chi connectivity index (χ4v) is 5.39. The summed E-state index contributed by atoms with van der Waals surface area (Å²) in [6, 6.07) is 14.9. The monoisotopic (exact) mass is 608 g/mol. The molecule has 0 bridgehead atoms. The molecule has 0 spiro atoms. The molecule has 1 saturated heterocycles. The van der Waals surface area contributed by atoms with E-state index in [-0.39, 0.29) is 56.1 Å². The molecule has 10 nitrogen and oxygen atoms in total. The van der Waals surface area contributed by atoms with E-state index in [1.54, 1.807) is 49.5 Å². The minimum atomic E-state index is -0.313. The van der Waals surface area contributed by atoms with Crippen molar-refractivity contribution < 1.29 is 29.0 Å². The lowest BCUT2D eigenvalue weighted by molar-refractivity contribution is 0.0701. The van der Waals surface area contributed by atoms with E-state index < -0.39 is 0 Å². The summed E-state index contributed by atoms with van der Waals surface area (Å²) in [5.41, 5.74) is 5.19. The van der Waals surface area contributed by atoms with Crippen LogP contribution in [0.25, 0.3) is 0 Å². The average molecular weight is 609 g/mol. The predicted octanol–water partition coefficient (Wildman–Crippen LogP) is 2.42. The van der Waals surface area contributed by atoms with Gasteiger partial charge in [-0.25, -0.2) is 0 Å². The first kappa shape index (κ1) is 31.6. The second kappa shape index (κ2) is 14.8. The Morgan fingerprint density at radius 1 is 0.933 bits per heavy atom. The first-order valence-corrected chi connectivity index (χ1v) is 14.9. The van der Waals surface area contributed by atoms with Crippen molar-refractivity contribution in [3.8, 4) is 17.6 Å². The van der Waals surface area contributed by atoms with E-state index in [1.807, 2.05) is 25.1 Å². The zero-order valence-corrected chi connectivity index (χ0v) is 25.3. The molecule has 2 amide bonds. The van der Waals surface area contributed by atoms with Crippen LogP contribution in [0.4, 0.5) is 0 Å². The topological polar surface area (TPSA) is 138 Å². The minimum absolute atomic E-state index is 0.0813. The standard InChI is InChI=1S/C35H36N4O6/c1-3-4-23-11-12-31(45-16-15-44-14-13-40)32(22(23)2)33(41)24-5-7-25(8-6-24)34(42)38-29-20-37-21-30(29)39-35(43)26-9-10-27-18-36-19-28(27)17-26/h5-12,17-18,29-30,37,40H,13-16,19-21H2,1-2H3,(H,38,42)(H,39,43)/t29-,30-/m1/s1. The van der Waals surface area contributed by atoms with Crippen molar-refractivity contribution >= 4 is 23.8 Å². The zero-order chi connectivity index (χ0) is 31.8. The molecule has 0 aliphatic carbocycles. The Bertz CT molecular complexity index is 1670. The maximum atomic E-state index is 13.7. The van der Waals surface area contributed by atoms with Crippen LogP contribution in [-0.2, 0) is 11.3 Å². The lowest BCUT2D eigenvalue weighted by Gasteiger charge is -2.21. The van der Waals surface area contributed by atoms with Crippen molar-refractivity contribution in [3.63, 3.8) is 0 Å². The van der Waals surface area contributed by atoms with E-state index in [2.05, 4.69) is 32.8 Å². The predicted molar refractivity (Wildman–Crippen MR) is 170 cm³/mol. The fraction of sp³-hybridized carbons (Fsp3) is 0.314. The molecule has 0 saturated carbocycles. The Kier molecular flexibility index (Phi) is 10.4. The first-order valence-electron chi connectivity index (χ1n) is 14.9. The van der Waals surface area contributed by atoms with Gasteiger partial charge < -0.3 is 30.5 Å². The van der Waals surface area contributed by atoms with Gasteiger partial charge in [0.25, 0.3) is 11.8 Å². The molecule has 2 aliphatic heterocycles. The number of amides is 2. The van der Waals surface area contributed by atoms with Crippen molar-refractivity contribution in [2.24, 2.45) is 4.99 Å². The Labute approximate surface area is 262 Å². The van der Waals surface area contributed by atoms with Crippen LogP contribution in [0.5, 0.6) is 5.75 Å². The number of ketones is 1. The van der Waals surface area contributed by atoms with Gasteiger partial charge in [0, 0.05) is 41.6 Å². The van der Waals surface area contributed by atoms with Gasteiger partial charge in [0.05, 0.1) is 44.0 Å². The largest absolute Gasteiger partial charge is 0.490 e. The molecule has 10 heteroatoms. The summed E-state index contributed by atoms with van der Waals surface area (Å²) in [6.45, 7) is 5.75. The van der Waals surface area contributed by atoms with Crippen molar-refractivity contribution in [1.82, 2.24) is 16.0 Å². The highest BCUT2D eigenvalue weighted by Crippen LogP contribution is 2.28. The third-order valence-corrected chi connectivity index (χ3v) is 7.79. The van der Waals surface area contributed by atoms with Crippen LogP contribution in [0.1, 0.15) is 65.8 Å². The van der Waals surface area contributed by atoms with Gasteiger partial charge in [0.15, 0.2) is 5.78 Å². The highest BCUT2D eigenvalue weighted by atomic mass is 16.5. The molecule has 2 atom stereocenters. The van der Waals surface area contributed by atoms with E-state index in [0.717, 1.165) is 16.7 Å². The number of aliphatic hydroxyl groups excluding tert-OH is 1. The highest BCUT2D eigenvalue weighted by molar-refractivity contribution is 6.12. The molecule has 2 aliphatic rings. The Morgan fingerprint density at radius 2 is 1.62 bits per heavy atom. The SMILES string of the molecule is CC#Cc1ccc(OCCOCCO)c(C(=O)c2ccc(C(=O)N[C@@H]3CNC[C@H]3NC(=O)c3ccc4c(c3)CN=C4)cc2)c1C. The lowest BCUT2D eigenvalue weighted by Crippen LogP contribution is -2.51. The molecule has 2 heterocycles. The second-order valence-electron chi connectivity index (χ2n) is 10.8. The van der Waals surface area contributed by atoms with Crippen LogP contribution in [-0.4, -0.2) is 80.5 Å². The van der Waals surface area contributed by atoms with E-state index >= 15 is 0 Å². The summed E-state index contributed by atoms with van der Waals surface area (Å²) in [5, 5.41) is 18.2. The van der Waals surface area contributed by atoms with Crippen LogP contribution in [0, 0.1) is 18.8 Å². The van der Waals surface area contributed by atoms with Crippen LogP contribution >= 0.6 is 0 Å². The first-order chi connectivity index (χ1) is 21.9. The molecule has 1 fully saturated rings. The van der Waals surface area contributed by atoms with E-state index in [1.165, 1.54) is 0 Å². The van der Waals surface area contributed by atoms with Gasteiger partial charge in [-0.2, -0.15) is 0 Å². The van der Waals surface area contributed by atoms with Gasteiger partial charge in [-0.3, -0.25) is 19.4 Å². The van der Waals surface area contributed by atoms with Gasteiger partial charge in [0.1, 0.15) is 12.4 Å². The van der Waals surface area contributed by atoms with E-state index in [9.17, 15) is 14.4 Å². The Hall–Kier alpha value is -4.82. The van der Waals surface area contributed by atoms with Gasteiger partial charge in [-0.05, 0) is 66.9 Å². The number of ether oxygens (including phenoxy) is 2. The molecule has 3 aromatic carbocycles. The van der Waals surface area contributed by atoms with Crippen molar-refractivity contribution in [3.05, 3.63) is 99.1 Å². The smallest absolute Gasteiger partial charge is 0.251 e. The zero-order valence-electron chi connectivity index (χ0n) is 25.3. The third-order valence-electron chi connectivity index (χ3n) is 7.79. The molecule has 5 rings (SSSR count). The van der Waals surface area contributed by atoms with E-state index in [0.29, 0.717) is 53.2 Å². The number of carbonyl (C=O) groups is 3. The van der Waals surface area contributed by atoms with Crippen LogP contribution in [0.2, 0.25) is 0 Å². The Balaban J connectivity index is 1.24. The van der Waals surface area contributed by atoms with Crippen molar-refractivity contribution in [1.29, 1.82) is 0 Å². The normalized spacial score (nSPS) is 16.4. The summed E-state index contributed by atoms with van der Waals surface area (Å²) in [5.74, 6) is 5.54. The van der Waals surface area contributed by atoms with Crippen LogP contribution in [0.3, 0.4) is 0 Å². The molecule has 4 N–H and O–H groups in total. The number of nitrogens with zero attached hydrogens (tertiary/aromatic N) is 1. The number of aliphatic hydroxyl groups is 1. The van der Waals surface area contributed by atoms with Gasteiger partial charge in [-0.1, -0.05) is 24.1 Å². The average Bonchev–Trinajstić information content (AvgIpc) is 3.71. The fourth-order valence-electron chi connectivity index (χ4n) is 5.39. The molecule has 0 unspecified atom stereocenters. The van der Waals surface area contributed by atoms with E-state index in [4.69, 9.17) is 14.6 Å². The summed E-state index contributed by atoms with van der Waals surface area (Å²) >= 11 is 0. The number of fused-ring (bicyclic) bond motifs is 1. The number of rotatable bonds is 12. The number of aliphatic imine (C=N–C) groups is 1. The number of hydrogen-bond donors (Lipinski definition) is 4. The summed E-state index contributed by atoms with van der Waals surface area (Å²) < 4.78 is 11.2. The van der Waals surface area contributed by atoms with Crippen molar-refractivity contribution in [2.45, 2.75) is 32.5 Å². The summed E-state index contributed by atoms with van der Waals surface area (Å²) in [6.07, 6.45) is 1.80. The number of hydrogen-bond acceptors (Lipinski definition) is 8. The number of benzene rings is 3. The van der Waals surface area contributed by atoms with Crippen LogP contribution in [0.15, 0.2) is 59.6 Å². The molecule has 0 radical (unpaired) electrons. The third kappa shape index (κ3) is 7.46. The molecular weight excluding hydrogens is 572 g/mol. The molecular formula is C35H36N4O6. The second-order valence-corrected chi connectivity index (χ2v) is 10.8. The maximum Gasteiger partial charge on any atom is 0.251 e. The van der Waals surface area contributed by atoms with Crippen molar-refractivity contribution in [2.75, 3.05) is 39.5 Å². The van der Waals surface area contributed by atoms with Gasteiger partial charge in [0.2, 0.25) is 0 Å². The van der Waals surface area contributed by atoms with Gasteiger partial charge in [-0.15, -0.1) is 5.92 Å². The number of nitrogens with one attached hydrogen (secondary N) is 3. The molecule has 45 heavy (non-hydrogen) atoms. The molecule has 0 aromatic heterocycles. The number of carbonyl (C=O) groups excluding carboxylic acids is 3. The quantitative estimate of drug-likeness (QED) is 0.141. The van der Waals surface area contributed by atoms with Gasteiger partial charge >= 0.3 is 0 Å².